The monoisotopic (exact) mass is 406 g/mol. The summed E-state index contributed by atoms with van der Waals surface area (Å²) in [7, 11) is 1.32. The predicted octanol–water partition coefficient (Wildman–Crippen LogP) is 3.20. The van der Waals surface area contributed by atoms with Crippen LogP contribution in [0.5, 0.6) is 0 Å². The van der Waals surface area contributed by atoms with Crippen LogP contribution in [0.2, 0.25) is 0 Å². The largest absolute Gasteiger partial charge is 0.464 e. The van der Waals surface area contributed by atoms with Gasteiger partial charge in [0.15, 0.2) is 5.69 Å². The molecule has 0 bridgehead atoms. The molecule has 2 aromatic rings. The number of halogens is 1. The van der Waals surface area contributed by atoms with Crippen LogP contribution in [-0.2, 0) is 9.47 Å². The molecule has 1 aliphatic rings. The van der Waals surface area contributed by atoms with Crippen LogP contribution < -0.4 is 4.90 Å². The molecule has 1 aliphatic heterocycles. The number of hydrogen-bond acceptors (Lipinski definition) is 5. The highest BCUT2D eigenvalue weighted by molar-refractivity contribution is 9.10. The molecule has 0 N–H and O–H groups in total. The quantitative estimate of drug-likeness (QED) is 0.732. The average Bonchev–Trinajstić information content (AvgIpc) is 3.03. The molecule has 1 fully saturated rings. The summed E-state index contributed by atoms with van der Waals surface area (Å²) in [6.07, 6.45) is 1.71. The minimum atomic E-state index is -0.528. The molecule has 1 aromatic carbocycles. The van der Waals surface area contributed by atoms with Crippen LogP contribution in [0.1, 0.15) is 22.2 Å². The third kappa shape index (κ3) is 3.48. The Bertz CT molecular complexity index is 792. The lowest BCUT2D eigenvalue weighted by atomic mass is 10.1. The van der Waals surface area contributed by atoms with Crippen LogP contribution in [0.4, 0.5) is 5.69 Å². The highest BCUT2D eigenvalue weighted by Gasteiger charge is 2.29. The van der Waals surface area contributed by atoms with Crippen LogP contribution in [0.3, 0.4) is 0 Å². The van der Waals surface area contributed by atoms with E-state index < -0.39 is 5.97 Å². The van der Waals surface area contributed by atoms with Gasteiger partial charge in [-0.05, 0) is 17.7 Å². The summed E-state index contributed by atoms with van der Waals surface area (Å²) in [4.78, 5) is 26.6. The number of rotatable bonds is 3. The SMILES string of the molecule is COC(=O)c1c(N2CCOCC2)c(-c2ccc(Br)cc2)cn1C(C)=O. The van der Waals surface area contributed by atoms with Gasteiger partial charge in [0.05, 0.1) is 26.0 Å². The number of ether oxygens (including phenoxy) is 2. The number of esters is 1. The van der Waals surface area contributed by atoms with Crippen LogP contribution in [-0.4, -0.2) is 49.9 Å². The van der Waals surface area contributed by atoms with Crippen molar-refractivity contribution in [1.82, 2.24) is 4.57 Å². The van der Waals surface area contributed by atoms with E-state index in [1.165, 1.54) is 18.6 Å². The van der Waals surface area contributed by atoms with E-state index >= 15 is 0 Å². The Morgan fingerprint density at radius 2 is 1.80 bits per heavy atom. The van der Waals surface area contributed by atoms with E-state index in [1.807, 2.05) is 24.3 Å². The van der Waals surface area contributed by atoms with Gasteiger partial charge in [0.2, 0.25) is 5.91 Å². The Kier molecular flexibility index (Phi) is 5.24. The molecule has 0 spiro atoms. The van der Waals surface area contributed by atoms with Crippen molar-refractivity contribution in [2.45, 2.75) is 6.92 Å². The molecule has 0 amide bonds. The van der Waals surface area contributed by atoms with Crippen molar-refractivity contribution in [3.63, 3.8) is 0 Å². The Hall–Kier alpha value is -2.12. The molecule has 0 aliphatic carbocycles. The van der Waals surface area contributed by atoms with E-state index in [-0.39, 0.29) is 11.6 Å². The maximum absolute atomic E-state index is 12.4. The maximum atomic E-state index is 12.4. The number of anilines is 1. The summed E-state index contributed by atoms with van der Waals surface area (Å²) in [5.41, 5.74) is 2.72. The molecule has 3 rings (SSSR count). The smallest absolute Gasteiger partial charge is 0.357 e. The molecule has 0 unspecified atom stereocenters. The van der Waals surface area contributed by atoms with Gasteiger partial charge in [0.25, 0.3) is 0 Å². The second kappa shape index (κ2) is 7.41. The van der Waals surface area contributed by atoms with Crippen molar-refractivity contribution >= 4 is 33.5 Å². The summed E-state index contributed by atoms with van der Waals surface area (Å²) in [5.74, 6) is -0.765. The van der Waals surface area contributed by atoms with E-state index in [1.54, 1.807) is 6.20 Å². The molecular weight excluding hydrogens is 388 g/mol. The van der Waals surface area contributed by atoms with Gasteiger partial charge < -0.3 is 14.4 Å². The Labute approximate surface area is 154 Å². The van der Waals surface area contributed by atoms with E-state index in [9.17, 15) is 9.59 Å². The number of benzene rings is 1. The van der Waals surface area contributed by atoms with Gasteiger partial charge in [0.1, 0.15) is 0 Å². The third-order valence-electron chi connectivity index (χ3n) is 4.18. The fraction of sp³-hybridized carbons (Fsp3) is 0.333. The molecular formula is C18H19BrN2O4. The van der Waals surface area contributed by atoms with Crippen LogP contribution in [0.15, 0.2) is 34.9 Å². The van der Waals surface area contributed by atoms with Gasteiger partial charge in [-0.2, -0.15) is 0 Å². The van der Waals surface area contributed by atoms with Gasteiger partial charge in [-0.1, -0.05) is 28.1 Å². The molecule has 132 valence electrons. The van der Waals surface area contributed by atoms with Gasteiger partial charge in [-0.3, -0.25) is 9.36 Å². The van der Waals surface area contributed by atoms with Gasteiger partial charge >= 0.3 is 5.97 Å². The Morgan fingerprint density at radius 3 is 2.36 bits per heavy atom. The second-order valence-corrected chi connectivity index (χ2v) is 6.64. The lowest BCUT2D eigenvalue weighted by Crippen LogP contribution is -2.37. The molecule has 0 atom stereocenters. The molecule has 6 nitrogen and oxygen atoms in total. The maximum Gasteiger partial charge on any atom is 0.357 e. The average molecular weight is 407 g/mol. The highest BCUT2D eigenvalue weighted by atomic mass is 79.9. The van der Waals surface area contributed by atoms with E-state index in [4.69, 9.17) is 9.47 Å². The number of morpholine rings is 1. The fourth-order valence-electron chi connectivity index (χ4n) is 2.98. The summed E-state index contributed by atoms with van der Waals surface area (Å²) in [6.45, 7) is 3.88. The molecule has 0 saturated carbocycles. The molecule has 1 saturated heterocycles. The number of carbonyl (C=O) groups excluding carboxylic acids is 2. The van der Waals surface area contributed by atoms with Gasteiger partial charge in [-0.25, -0.2) is 4.79 Å². The molecule has 2 heterocycles. The first-order chi connectivity index (χ1) is 12.0. The van der Waals surface area contributed by atoms with Gasteiger partial charge in [-0.15, -0.1) is 0 Å². The van der Waals surface area contributed by atoms with Crippen molar-refractivity contribution in [3.05, 3.63) is 40.6 Å². The third-order valence-corrected chi connectivity index (χ3v) is 4.71. The van der Waals surface area contributed by atoms with Crippen molar-refractivity contribution in [2.24, 2.45) is 0 Å². The topological polar surface area (TPSA) is 60.8 Å². The lowest BCUT2D eigenvalue weighted by Gasteiger charge is -2.30. The summed E-state index contributed by atoms with van der Waals surface area (Å²) in [5, 5.41) is 0. The van der Waals surface area contributed by atoms with E-state index in [2.05, 4.69) is 20.8 Å². The normalized spacial score (nSPS) is 14.4. The van der Waals surface area contributed by atoms with Crippen molar-refractivity contribution in [3.8, 4) is 11.1 Å². The molecule has 25 heavy (non-hydrogen) atoms. The van der Waals surface area contributed by atoms with E-state index in [0.29, 0.717) is 32.0 Å². The number of carbonyl (C=O) groups is 2. The second-order valence-electron chi connectivity index (χ2n) is 5.73. The minimum absolute atomic E-state index is 0.238. The van der Waals surface area contributed by atoms with Crippen LogP contribution in [0.25, 0.3) is 11.1 Å². The summed E-state index contributed by atoms with van der Waals surface area (Å²) in [6, 6.07) is 7.77. The molecule has 1 aromatic heterocycles. The molecule has 7 heteroatoms. The zero-order valence-electron chi connectivity index (χ0n) is 14.1. The fourth-order valence-corrected chi connectivity index (χ4v) is 3.25. The van der Waals surface area contributed by atoms with E-state index in [0.717, 1.165) is 15.6 Å². The Balaban J connectivity index is 2.23. The van der Waals surface area contributed by atoms with Crippen molar-refractivity contribution in [2.75, 3.05) is 38.3 Å². The Morgan fingerprint density at radius 1 is 1.16 bits per heavy atom. The lowest BCUT2D eigenvalue weighted by molar-refractivity contribution is 0.0582. The van der Waals surface area contributed by atoms with Gasteiger partial charge in [0, 0.05) is 36.2 Å². The predicted molar refractivity (Wildman–Crippen MR) is 98.2 cm³/mol. The zero-order chi connectivity index (χ0) is 18.0. The molecule has 0 radical (unpaired) electrons. The van der Waals surface area contributed by atoms with Crippen LogP contribution >= 0.6 is 15.9 Å². The van der Waals surface area contributed by atoms with Crippen molar-refractivity contribution < 1.29 is 19.1 Å². The van der Waals surface area contributed by atoms with Crippen molar-refractivity contribution in [1.29, 1.82) is 0 Å². The number of nitrogens with zero attached hydrogens (tertiary/aromatic N) is 2. The number of aromatic nitrogens is 1. The number of methoxy groups -OCH3 is 1. The van der Waals surface area contributed by atoms with Crippen LogP contribution in [0, 0.1) is 0 Å². The zero-order valence-corrected chi connectivity index (χ0v) is 15.7. The summed E-state index contributed by atoms with van der Waals surface area (Å²) >= 11 is 3.43. The minimum Gasteiger partial charge on any atom is -0.464 e. The standard InChI is InChI=1S/C18H19BrN2O4/c1-12(22)21-11-15(13-3-5-14(19)6-4-13)16(17(21)18(23)24-2)20-7-9-25-10-8-20/h3-6,11H,7-10H2,1-2H3. The first kappa shape index (κ1) is 17.7. The first-order valence-electron chi connectivity index (χ1n) is 7.96. The first-order valence-corrected chi connectivity index (χ1v) is 8.75. The summed E-state index contributed by atoms with van der Waals surface area (Å²) < 4.78 is 12.7. The number of hydrogen-bond donors (Lipinski definition) is 0. The highest BCUT2D eigenvalue weighted by Crippen LogP contribution is 2.37.